The summed E-state index contributed by atoms with van der Waals surface area (Å²) in [5.74, 6) is 1.70. The number of ketones is 1. The summed E-state index contributed by atoms with van der Waals surface area (Å²) in [5.41, 5.74) is 3.21. The van der Waals surface area contributed by atoms with E-state index < -0.39 is 0 Å². The number of aliphatic hydroxyl groups is 1. The highest BCUT2D eigenvalue weighted by atomic mass is 16.5. The molecule has 5 rings (SSSR count). The predicted octanol–water partition coefficient (Wildman–Crippen LogP) is 5.00. The number of benzene rings is 2. The average Bonchev–Trinajstić information content (AvgIpc) is 3.25. The van der Waals surface area contributed by atoms with E-state index in [1.165, 1.54) is 0 Å². The van der Waals surface area contributed by atoms with Crippen LogP contribution >= 0.6 is 0 Å². The second kappa shape index (κ2) is 8.32. The number of H-pyrrole nitrogens is 1. The Labute approximate surface area is 179 Å². The number of hydrogen-bond acceptors (Lipinski definition) is 5. The molecule has 2 aromatic heterocycles. The Hall–Kier alpha value is -3.51. The monoisotopic (exact) mass is 413 g/mol. The molecule has 0 aliphatic heterocycles. The SMILES string of the molecule is O=C(c1ccc(Oc2ncccc2[C@H]2CC[C@H](O)CC2)cc1)c1nc2ccccc2[nH]1. The van der Waals surface area contributed by atoms with E-state index in [0.29, 0.717) is 28.9 Å². The number of carbonyl (C=O) groups excluding carboxylic acids is 1. The van der Waals surface area contributed by atoms with Crippen LogP contribution in [0.25, 0.3) is 11.0 Å². The summed E-state index contributed by atoms with van der Waals surface area (Å²) in [5, 5.41) is 9.79. The topological polar surface area (TPSA) is 88.1 Å². The highest BCUT2D eigenvalue weighted by molar-refractivity contribution is 6.08. The first-order chi connectivity index (χ1) is 15.2. The molecule has 1 fully saturated rings. The van der Waals surface area contributed by atoms with Crippen molar-refractivity contribution in [3.8, 4) is 11.6 Å². The molecule has 0 radical (unpaired) electrons. The zero-order chi connectivity index (χ0) is 21.2. The van der Waals surface area contributed by atoms with Crippen molar-refractivity contribution in [2.75, 3.05) is 0 Å². The largest absolute Gasteiger partial charge is 0.439 e. The van der Waals surface area contributed by atoms with Gasteiger partial charge in [0.1, 0.15) is 5.75 Å². The fraction of sp³-hybridized carbons (Fsp3) is 0.240. The lowest BCUT2D eigenvalue weighted by atomic mass is 9.83. The van der Waals surface area contributed by atoms with Crippen molar-refractivity contribution >= 4 is 16.8 Å². The van der Waals surface area contributed by atoms with Gasteiger partial charge in [0.25, 0.3) is 0 Å². The lowest BCUT2D eigenvalue weighted by molar-refractivity contribution is 0.103. The second-order valence-corrected chi connectivity index (χ2v) is 7.96. The third-order valence-corrected chi connectivity index (χ3v) is 5.87. The van der Waals surface area contributed by atoms with E-state index >= 15 is 0 Å². The van der Waals surface area contributed by atoms with Gasteiger partial charge < -0.3 is 14.8 Å². The summed E-state index contributed by atoms with van der Waals surface area (Å²) in [7, 11) is 0. The van der Waals surface area contributed by atoms with Crippen molar-refractivity contribution in [2.24, 2.45) is 0 Å². The summed E-state index contributed by atoms with van der Waals surface area (Å²) in [6, 6.07) is 18.6. The molecule has 1 aliphatic carbocycles. The summed E-state index contributed by atoms with van der Waals surface area (Å²) >= 11 is 0. The number of hydrogen-bond donors (Lipinski definition) is 2. The van der Waals surface area contributed by atoms with Gasteiger partial charge in [-0.25, -0.2) is 9.97 Å². The van der Waals surface area contributed by atoms with Gasteiger partial charge in [-0.15, -0.1) is 0 Å². The van der Waals surface area contributed by atoms with Crippen molar-refractivity contribution in [2.45, 2.75) is 37.7 Å². The van der Waals surface area contributed by atoms with Gasteiger partial charge in [0, 0.05) is 17.3 Å². The van der Waals surface area contributed by atoms with Crippen LogP contribution in [0.4, 0.5) is 0 Å². The van der Waals surface area contributed by atoms with Crippen LogP contribution < -0.4 is 4.74 Å². The van der Waals surface area contributed by atoms with Crippen LogP contribution in [0.15, 0.2) is 66.9 Å². The minimum atomic E-state index is -0.200. The number of aromatic nitrogens is 3. The molecule has 0 unspecified atom stereocenters. The van der Waals surface area contributed by atoms with E-state index in [9.17, 15) is 9.90 Å². The zero-order valence-corrected chi connectivity index (χ0v) is 17.0. The highest BCUT2D eigenvalue weighted by Crippen LogP contribution is 2.37. The molecule has 0 atom stereocenters. The van der Waals surface area contributed by atoms with Crippen LogP contribution in [0.3, 0.4) is 0 Å². The fourth-order valence-electron chi connectivity index (χ4n) is 4.17. The molecule has 156 valence electrons. The van der Waals surface area contributed by atoms with E-state index in [0.717, 1.165) is 42.3 Å². The van der Waals surface area contributed by atoms with Crippen molar-refractivity contribution in [3.63, 3.8) is 0 Å². The molecule has 0 bridgehead atoms. The minimum Gasteiger partial charge on any atom is -0.439 e. The molecule has 1 saturated carbocycles. The zero-order valence-electron chi connectivity index (χ0n) is 17.0. The maximum absolute atomic E-state index is 12.8. The summed E-state index contributed by atoms with van der Waals surface area (Å²) in [4.78, 5) is 24.7. The molecule has 6 heteroatoms. The number of nitrogens with one attached hydrogen (secondary N) is 1. The van der Waals surface area contributed by atoms with Crippen LogP contribution in [0.2, 0.25) is 0 Å². The van der Waals surface area contributed by atoms with E-state index in [4.69, 9.17) is 4.74 Å². The molecule has 1 aliphatic rings. The molecule has 0 amide bonds. The quantitative estimate of drug-likeness (QED) is 0.450. The van der Waals surface area contributed by atoms with E-state index in [-0.39, 0.29) is 11.9 Å². The van der Waals surface area contributed by atoms with Gasteiger partial charge in [-0.3, -0.25) is 4.79 Å². The molecule has 2 N–H and O–H groups in total. The van der Waals surface area contributed by atoms with Gasteiger partial charge in [-0.1, -0.05) is 18.2 Å². The predicted molar refractivity (Wildman–Crippen MR) is 117 cm³/mol. The third kappa shape index (κ3) is 4.07. The summed E-state index contributed by atoms with van der Waals surface area (Å²) < 4.78 is 6.07. The Bertz CT molecular complexity index is 1180. The van der Waals surface area contributed by atoms with Crippen molar-refractivity contribution < 1.29 is 14.6 Å². The fourth-order valence-corrected chi connectivity index (χ4v) is 4.17. The van der Waals surface area contributed by atoms with E-state index in [1.807, 2.05) is 36.4 Å². The van der Waals surface area contributed by atoms with Gasteiger partial charge in [0.05, 0.1) is 17.1 Å². The van der Waals surface area contributed by atoms with Gasteiger partial charge in [0.15, 0.2) is 5.82 Å². The Morgan fingerprint density at radius 2 is 1.74 bits per heavy atom. The van der Waals surface area contributed by atoms with Crippen molar-refractivity contribution in [3.05, 3.63) is 83.8 Å². The van der Waals surface area contributed by atoms with Crippen LogP contribution in [-0.2, 0) is 0 Å². The number of imidazole rings is 1. The Morgan fingerprint density at radius 1 is 0.968 bits per heavy atom. The standard InChI is InChI=1S/C25H23N3O3/c29-18-11-7-16(8-12-18)20-4-3-15-26-25(20)31-19-13-9-17(10-14-19)23(30)24-27-21-5-1-2-6-22(21)28-24/h1-6,9-10,13-16,18,29H,7-8,11-12H2,(H,27,28)/t16-,18-. The first kappa shape index (κ1) is 19.5. The second-order valence-electron chi connectivity index (χ2n) is 7.96. The van der Waals surface area contributed by atoms with Gasteiger partial charge in [-0.05, 0) is 74.1 Å². The number of fused-ring (bicyclic) bond motifs is 1. The van der Waals surface area contributed by atoms with Crippen LogP contribution in [0.1, 0.15) is 53.3 Å². The molecule has 2 aromatic carbocycles. The average molecular weight is 413 g/mol. The van der Waals surface area contributed by atoms with Crippen LogP contribution in [-0.4, -0.2) is 31.9 Å². The van der Waals surface area contributed by atoms with Crippen molar-refractivity contribution in [1.29, 1.82) is 0 Å². The first-order valence-electron chi connectivity index (χ1n) is 10.6. The van der Waals surface area contributed by atoms with Gasteiger partial charge >= 0.3 is 0 Å². The number of para-hydroxylation sites is 2. The maximum Gasteiger partial charge on any atom is 0.228 e. The molecular weight excluding hydrogens is 390 g/mol. The Kier molecular flexibility index (Phi) is 5.22. The lowest BCUT2D eigenvalue weighted by Gasteiger charge is -2.26. The van der Waals surface area contributed by atoms with E-state index in [2.05, 4.69) is 15.0 Å². The maximum atomic E-state index is 12.8. The molecule has 31 heavy (non-hydrogen) atoms. The smallest absolute Gasteiger partial charge is 0.228 e. The number of carbonyl (C=O) groups is 1. The molecule has 0 spiro atoms. The number of aliphatic hydroxyl groups excluding tert-OH is 1. The Morgan fingerprint density at radius 3 is 2.52 bits per heavy atom. The minimum absolute atomic E-state index is 0.165. The number of aromatic amines is 1. The lowest BCUT2D eigenvalue weighted by Crippen LogP contribution is -2.17. The number of nitrogens with zero attached hydrogens (tertiary/aromatic N) is 2. The summed E-state index contributed by atoms with van der Waals surface area (Å²) in [6.07, 6.45) is 4.97. The molecular formula is C25H23N3O3. The molecule has 6 nitrogen and oxygen atoms in total. The van der Waals surface area contributed by atoms with E-state index in [1.54, 1.807) is 30.5 Å². The highest BCUT2D eigenvalue weighted by Gasteiger charge is 2.24. The number of rotatable bonds is 5. The molecule has 4 aromatic rings. The van der Waals surface area contributed by atoms with Gasteiger partial charge in [-0.2, -0.15) is 0 Å². The van der Waals surface area contributed by atoms with Crippen LogP contribution in [0.5, 0.6) is 11.6 Å². The van der Waals surface area contributed by atoms with Crippen LogP contribution in [0, 0.1) is 0 Å². The number of pyridine rings is 1. The normalized spacial score (nSPS) is 18.7. The van der Waals surface area contributed by atoms with Gasteiger partial charge in [0.2, 0.25) is 11.7 Å². The third-order valence-electron chi connectivity index (χ3n) is 5.87. The Balaban J connectivity index is 1.33. The summed E-state index contributed by atoms with van der Waals surface area (Å²) in [6.45, 7) is 0. The molecule has 2 heterocycles. The van der Waals surface area contributed by atoms with Crippen molar-refractivity contribution in [1.82, 2.24) is 15.0 Å². The molecule has 0 saturated heterocycles. The number of ether oxygens (including phenoxy) is 1. The first-order valence-corrected chi connectivity index (χ1v) is 10.6.